The topological polar surface area (TPSA) is 0 Å². The van der Waals surface area contributed by atoms with Crippen molar-refractivity contribution in [1.82, 2.24) is 0 Å². The van der Waals surface area contributed by atoms with Crippen LogP contribution in [-0.4, -0.2) is 0 Å². The SMILES string of the molecule is S=S=S=S=S=S=S=S=S=S=S=S=S=S=S=S=S=S=S=S=S=S=S=S=S=S=S=S=S=S=S=S=S=S=S=S=S=S=S=S=S=S=S=S. The van der Waals surface area contributed by atoms with E-state index in [1.54, 1.807) is 107 Å². The fourth-order valence-corrected chi connectivity index (χ4v) is 110. The van der Waals surface area contributed by atoms with Crippen molar-refractivity contribution in [2.75, 3.05) is 0 Å². The van der Waals surface area contributed by atoms with Gasteiger partial charge in [0.05, 0.1) is 0 Å². The van der Waals surface area contributed by atoms with Gasteiger partial charge in [0.25, 0.3) is 0 Å². The molecule has 0 atom stereocenters. The number of hydrogen-bond acceptors (Lipinski definition) is 2. The molecule has 0 N–H and O–H groups in total. The van der Waals surface area contributed by atoms with Crippen LogP contribution in [0.1, 0.15) is 0 Å². The second-order valence-corrected chi connectivity index (χ2v) is 77.2. The van der Waals surface area contributed by atoms with Crippen LogP contribution in [-0.2, 0) is 395 Å². The maximum absolute atomic E-state index is 4.81. The van der Waals surface area contributed by atoms with Crippen LogP contribution in [0.2, 0.25) is 0 Å². The molecule has 0 amide bonds. The summed E-state index contributed by atoms with van der Waals surface area (Å²) >= 11 is 9.61. The molecule has 0 spiro atoms. The highest BCUT2D eigenvalue weighted by Gasteiger charge is 1.45. The Balaban J connectivity index is 6.05. The van der Waals surface area contributed by atoms with Gasteiger partial charge in [0.15, 0.2) is 0 Å². The summed E-state index contributed by atoms with van der Waals surface area (Å²) in [6.07, 6.45) is 0. The molecule has 0 aliphatic heterocycles. The van der Waals surface area contributed by atoms with Gasteiger partial charge < -0.3 is 0 Å². The van der Waals surface area contributed by atoms with Crippen LogP contribution >= 0.6 is 0 Å². The van der Waals surface area contributed by atoms with Gasteiger partial charge in [-0.1, -0.05) is 0 Å². The van der Waals surface area contributed by atoms with Crippen LogP contribution in [0.25, 0.3) is 0 Å². The van der Waals surface area contributed by atoms with E-state index >= 15 is 0 Å². The van der Waals surface area contributed by atoms with Crippen molar-refractivity contribution >= 4 is 395 Å². The van der Waals surface area contributed by atoms with Crippen molar-refractivity contribution in [2.24, 2.45) is 0 Å². The molecule has 44 heavy (non-hydrogen) atoms. The fourth-order valence-electron chi connectivity index (χ4n) is 0.454. The molecule has 0 heterocycles. The highest BCUT2D eigenvalue weighted by molar-refractivity contribution is 8.81. The molecule has 44 heteroatoms. The summed E-state index contributed by atoms with van der Waals surface area (Å²) in [6, 6.07) is 0. The Morgan fingerprint density at radius 2 is 0.182 bits per heavy atom. The molecule has 0 nitrogen and oxygen atoms in total. The highest BCUT2D eigenvalue weighted by atomic mass is 33.5. The first-order chi connectivity index (χ1) is 21.9. The molecule has 264 valence electrons. The van der Waals surface area contributed by atoms with E-state index in [2.05, 4.69) is 0 Å². The lowest BCUT2D eigenvalue weighted by Gasteiger charge is -1.41. The smallest absolute Gasteiger partial charge is 0 e. The minimum Gasteiger partial charge on any atom is 0 e. The predicted molar refractivity (Wildman–Crippen MR) is 324 cm³/mol. The van der Waals surface area contributed by atoms with E-state index in [1.807, 2.05) is 249 Å². The van der Waals surface area contributed by atoms with Gasteiger partial charge in [0.1, 0.15) is 0 Å². The van der Waals surface area contributed by atoms with E-state index in [9.17, 15) is 0 Å². The largest absolute Gasteiger partial charge is 0 e. The van der Waals surface area contributed by atoms with Crippen LogP contribution in [0.4, 0.5) is 0 Å². The molecule has 0 radical (unpaired) electrons. The molecular weight excluding hydrogens is 1410 g/mol. The Hall–Kier alpha value is 9.68. The summed E-state index contributed by atoms with van der Waals surface area (Å²) in [5.74, 6) is 0. The average Bonchev–Trinajstić information content (AvgIpc) is 3.04. The molecule has 0 aromatic heterocycles. The van der Waals surface area contributed by atoms with Crippen molar-refractivity contribution in [3.63, 3.8) is 0 Å². The van der Waals surface area contributed by atoms with Crippen molar-refractivity contribution in [3.05, 3.63) is 0 Å². The van der Waals surface area contributed by atoms with Gasteiger partial charge in [-0.05, 0) is 0 Å². The Morgan fingerprint density at radius 1 is 0.114 bits per heavy atom. The number of rotatable bonds is 0. The lowest BCUT2D eigenvalue weighted by molar-refractivity contribution is 5.96. The van der Waals surface area contributed by atoms with Gasteiger partial charge in [-0.15, -0.1) is 0 Å². The van der Waals surface area contributed by atoms with E-state index in [1.165, 1.54) is 17.8 Å². The van der Waals surface area contributed by atoms with E-state index in [4.69, 9.17) is 22.4 Å². The Bertz CT molecular complexity index is 2710. The first kappa shape index (κ1) is 53.7. The zero-order valence-corrected chi connectivity index (χ0v) is 53.9. The normalized spacial score (nSPS) is 7.73. The van der Waals surface area contributed by atoms with E-state index in [0.29, 0.717) is 0 Å². The van der Waals surface area contributed by atoms with Crippen LogP contribution in [0, 0.1) is 0 Å². The Morgan fingerprint density at radius 3 is 0.250 bits per heavy atom. The first-order valence-corrected chi connectivity index (χ1v) is 64.5. The van der Waals surface area contributed by atoms with Crippen LogP contribution in [0.5, 0.6) is 0 Å². The van der Waals surface area contributed by atoms with Crippen molar-refractivity contribution in [1.29, 1.82) is 0 Å². The molecule has 0 aliphatic rings. The third kappa shape index (κ3) is 51.7. The monoisotopic (exact) mass is 1410 g/mol. The van der Waals surface area contributed by atoms with E-state index < -0.39 is 0 Å². The molecule has 0 saturated carbocycles. The molecule has 0 aliphatic carbocycles. The Labute approximate surface area is 383 Å². The predicted octanol–water partition coefficient (Wildman–Crippen LogP) is -0.106. The summed E-state index contributed by atoms with van der Waals surface area (Å²) in [7, 11) is 74.7. The molecule has 0 rings (SSSR count). The third-order valence-electron chi connectivity index (χ3n) is 1.14. The summed E-state index contributed by atoms with van der Waals surface area (Å²) in [5, 5.41) is 0. The third-order valence-corrected chi connectivity index (χ3v) is 92.2. The molecule has 0 unspecified atom stereocenters. The molecule has 0 saturated heterocycles. The van der Waals surface area contributed by atoms with Gasteiger partial charge in [0, 0.05) is 395 Å². The van der Waals surface area contributed by atoms with E-state index in [-0.39, 0.29) is 0 Å². The van der Waals surface area contributed by atoms with Crippen LogP contribution < -0.4 is 0 Å². The Kier molecular flexibility index (Phi) is 64.3. The van der Waals surface area contributed by atoms with Gasteiger partial charge in [-0.25, -0.2) is 0 Å². The molecule has 0 aromatic carbocycles. The van der Waals surface area contributed by atoms with Gasteiger partial charge in [-0.2, -0.15) is 0 Å². The number of hydrogen-bond donors (Lipinski definition) is 0. The van der Waals surface area contributed by atoms with E-state index in [0.717, 1.165) is 0 Å². The van der Waals surface area contributed by atoms with Crippen molar-refractivity contribution < 1.29 is 0 Å². The second kappa shape index (κ2) is 52.7. The summed E-state index contributed by atoms with van der Waals surface area (Å²) < 4.78 is 0. The maximum Gasteiger partial charge on any atom is 0 e. The minimum atomic E-state index is 1.37. The molecule has 0 aromatic rings. The average molecular weight is 1410 g/mol. The highest BCUT2D eigenvalue weighted by Crippen LogP contribution is 1.44. The van der Waals surface area contributed by atoms with Crippen molar-refractivity contribution in [3.8, 4) is 0 Å². The van der Waals surface area contributed by atoms with Gasteiger partial charge in [-0.3, -0.25) is 0 Å². The lowest BCUT2D eigenvalue weighted by atomic mass is 30.7. The lowest BCUT2D eigenvalue weighted by Crippen LogP contribution is -1.41. The molecule has 0 fully saturated rings. The zero-order valence-electron chi connectivity index (χ0n) is 18.0. The van der Waals surface area contributed by atoms with Crippen LogP contribution in [0.3, 0.4) is 0 Å². The summed E-state index contributed by atoms with van der Waals surface area (Å²) in [5.41, 5.74) is 0. The van der Waals surface area contributed by atoms with Crippen LogP contribution in [0.15, 0.2) is 0 Å². The zero-order chi connectivity index (χ0) is 31.7. The van der Waals surface area contributed by atoms with Crippen molar-refractivity contribution in [2.45, 2.75) is 0 Å². The quantitative estimate of drug-likeness (QED) is 0.333. The standard InChI is InChI=1S/S44/c1-3-5-7-9-11-13-15-17-19-21-23-25-27-29-31-33-35-37-39-41-43-44-42-40-38-36-34-32-30-28-26-24-22-20-18-16-14-12-10-8-6-4-2. The molecular formula is S44. The second-order valence-electron chi connectivity index (χ2n) is 2.86. The molecule has 0 bridgehead atoms. The maximum atomic E-state index is 4.81. The fraction of sp³-hybridized carbons (Fsp3) is 0. The first-order valence-electron chi connectivity index (χ1n) is 7.17. The summed E-state index contributed by atoms with van der Waals surface area (Å²) in [4.78, 5) is 0. The van der Waals surface area contributed by atoms with Gasteiger partial charge >= 0.3 is 0 Å². The minimum absolute atomic E-state index is 1.37. The summed E-state index contributed by atoms with van der Waals surface area (Å²) in [6.45, 7) is 0. The van der Waals surface area contributed by atoms with Gasteiger partial charge in [0.2, 0.25) is 0 Å².